The first-order valence-corrected chi connectivity index (χ1v) is 11.7. The van der Waals surface area contributed by atoms with Crippen LogP contribution >= 0.6 is 0 Å². The Bertz CT molecular complexity index is 784. The van der Waals surface area contributed by atoms with Crippen molar-refractivity contribution in [1.82, 2.24) is 10.2 Å². The Morgan fingerprint density at radius 1 is 0.967 bits per heavy atom. The molecule has 30 heavy (non-hydrogen) atoms. The van der Waals surface area contributed by atoms with Crippen LogP contribution in [0.15, 0.2) is 18.2 Å². The molecule has 162 valence electrons. The predicted octanol–water partition coefficient (Wildman–Crippen LogP) is 2.60. The van der Waals surface area contributed by atoms with Crippen molar-refractivity contribution < 1.29 is 19.0 Å². The lowest BCUT2D eigenvalue weighted by Crippen LogP contribution is -2.59. The van der Waals surface area contributed by atoms with E-state index in [0.717, 1.165) is 36.4 Å². The lowest BCUT2D eigenvalue weighted by molar-refractivity contribution is -0.142. The van der Waals surface area contributed by atoms with Crippen LogP contribution in [0.2, 0.25) is 0 Å². The molecule has 7 rings (SSSR count). The van der Waals surface area contributed by atoms with Crippen molar-refractivity contribution in [1.29, 1.82) is 0 Å². The van der Waals surface area contributed by atoms with Crippen molar-refractivity contribution in [3.8, 4) is 11.5 Å². The average Bonchev–Trinajstić information content (AvgIpc) is 2.76. The van der Waals surface area contributed by atoms with Crippen molar-refractivity contribution in [2.45, 2.75) is 50.8 Å². The van der Waals surface area contributed by atoms with Gasteiger partial charge in [-0.1, -0.05) is 6.07 Å². The van der Waals surface area contributed by atoms with Gasteiger partial charge in [0.1, 0.15) is 19.3 Å². The second kappa shape index (κ2) is 7.72. The maximum Gasteiger partial charge on any atom is 0.250 e. The van der Waals surface area contributed by atoms with Gasteiger partial charge in [-0.15, -0.1) is 0 Å². The van der Waals surface area contributed by atoms with Crippen LogP contribution in [0, 0.1) is 23.7 Å². The normalized spacial score (nSPS) is 37.2. The van der Waals surface area contributed by atoms with Crippen LogP contribution in [0.5, 0.6) is 11.5 Å². The minimum Gasteiger partial charge on any atom is -0.486 e. The summed E-state index contributed by atoms with van der Waals surface area (Å²) in [5, 5.41) is 3.43. The number of fused-ring (bicyclic) bond motifs is 1. The van der Waals surface area contributed by atoms with Crippen LogP contribution in [0.4, 0.5) is 0 Å². The molecule has 2 aliphatic heterocycles. The maximum atomic E-state index is 13.1. The Morgan fingerprint density at radius 3 is 2.47 bits per heavy atom. The largest absolute Gasteiger partial charge is 0.486 e. The summed E-state index contributed by atoms with van der Waals surface area (Å²) in [7, 11) is 0. The summed E-state index contributed by atoms with van der Waals surface area (Å²) >= 11 is 0. The van der Waals surface area contributed by atoms with Gasteiger partial charge in [-0.2, -0.15) is 0 Å². The Hall–Kier alpha value is -1.79. The number of nitrogens with zero attached hydrogens (tertiary/aromatic N) is 1. The van der Waals surface area contributed by atoms with Crippen molar-refractivity contribution in [3.63, 3.8) is 0 Å². The van der Waals surface area contributed by atoms with Gasteiger partial charge in [0.2, 0.25) is 0 Å². The van der Waals surface area contributed by atoms with Crippen molar-refractivity contribution in [3.05, 3.63) is 23.8 Å². The zero-order valence-corrected chi connectivity index (χ0v) is 17.6. The van der Waals surface area contributed by atoms with E-state index in [1.165, 1.54) is 37.7 Å². The molecule has 1 atom stereocenters. The van der Waals surface area contributed by atoms with E-state index in [2.05, 4.69) is 22.3 Å². The number of morpholine rings is 1. The SMILES string of the molecule is O=C(NC1C2CC3CC(C2)CC1C3)C1CN(Cc2ccc3c(c2)OCCO3)CCO1. The predicted molar refractivity (Wildman–Crippen MR) is 111 cm³/mol. The van der Waals surface area contributed by atoms with Gasteiger partial charge in [-0.05, 0) is 73.5 Å². The highest BCUT2D eigenvalue weighted by atomic mass is 16.6. The molecule has 1 unspecified atom stereocenters. The smallest absolute Gasteiger partial charge is 0.250 e. The summed E-state index contributed by atoms with van der Waals surface area (Å²) in [6.07, 6.45) is 6.35. The number of rotatable bonds is 4. The second-order valence-electron chi connectivity index (χ2n) is 10.0. The molecular formula is C24H32N2O4. The minimum absolute atomic E-state index is 0.0966. The maximum absolute atomic E-state index is 13.1. The lowest BCUT2D eigenvalue weighted by Gasteiger charge is -2.54. The van der Waals surface area contributed by atoms with Gasteiger partial charge in [0.05, 0.1) is 6.61 Å². The molecule has 0 spiro atoms. The van der Waals surface area contributed by atoms with Crippen LogP contribution in [-0.4, -0.2) is 55.9 Å². The molecule has 6 nitrogen and oxygen atoms in total. The first-order valence-electron chi connectivity index (χ1n) is 11.7. The lowest BCUT2D eigenvalue weighted by atomic mass is 9.54. The molecule has 4 saturated carbocycles. The molecule has 0 aromatic heterocycles. The second-order valence-corrected chi connectivity index (χ2v) is 10.0. The van der Waals surface area contributed by atoms with Gasteiger partial charge < -0.3 is 19.5 Å². The van der Waals surface area contributed by atoms with Crippen LogP contribution in [0.3, 0.4) is 0 Å². The number of carbonyl (C=O) groups is 1. The number of benzene rings is 1. The van der Waals surface area contributed by atoms with E-state index in [1.54, 1.807) is 0 Å². The number of amides is 1. The molecule has 6 heteroatoms. The highest BCUT2D eigenvalue weighted by Crippen LogP contribution is 2.53. The average molecular weight is 413 g/mol. The van der Waals surface area contributed by atoms with E-state index in [9.17, 15) is 4.79 Å². The first kappa shape index (κ1) is 18.9. The van der Waals surface area contributed by atoms with Gasteiger partial charge in [0, 0.05) is 25.7 Å². The molecule has 6 aliphatic rings. The van der Waals surface area contributed by atoms with Gasteiger partial charge in [0.25, 0.3) is 5.91 Å². The van der Waals surface area contributed by atoms with E-state index >= 15 is 0 Å². The van der Waals surface area contributed by atoms with E-state index in [4.69, 9.17) is 14.2 Å². The minimum atomic E-state index is -0.367. The third kappa shape index (κ3) is 3.58. The molecule has 2 heterocycles. The molecule has 1 aromatic rings. The van der Waals surface area contributed by atoms with Gasteiger partial charge in [0.15, 0.2) is 11.5 Å². The van der Waals surface area contributed by atoms with E-state index in [1.807, 2.05) is 6.07 Å². The van der Waals surface area contributed by atoms with E-state index < -0.39 is 0 Å². The zero-order chi connectivity index (χ0) is 20.1. The molecule has 1 saturated heterocycles. The molecule has 4 bridgehead atoms. The van der Waals surface area contributed by atoms with Crippen LogP contribution < -0.4 is 14.8 Å². The standard InChI is InChI=1S/C24H32N2O4/c27-24(25-23-18-8-16-7-17(10-18)11-19(23)9-16)22-14-26(3-4-28-22)13-15-1-2-20-21(12-15)30-6-5-29-20/h1-2,12,16-19,22-23H,3-11,13-14H2,(H,25,27). The Morgan fingerprint density at radius 2 is 1.70 bits per heavy atom. The first-order chi connectivity index (χ1) is 14.7. The third-order valence-electron chi connectivity index (χ3n) is 7.99. The number of nitrogens with one attached hydrogen (secondary N) is 1. The summed E-state index contributed by atoms with van der Waals surface area (Å²) in [4.78, 5) is 15.4. The third-order valence-corrected chi connectivity index (χ3v) is 7.99. The van der Waals surface area contributed by atoms with Crippen LogP contribution in [0.1, 0.15) is 37.7 Å². The quantitative estimate of drug-likeness (QED) is 0.824. The Balaban J connectivity index is 1.07. The number of hydrogen-bond donors (Lipinski definition) is 1. The molecule has 1 aromatic carbocycles. The molecule has 5 fully saturated rings. The van der Waals surface area contributed by atoms with Crippen molar-refractivity contribution in [2.24, 2.45) is 23.7 Å². The molecule has 1 amide bonds. The fraction of sp³-hybridized carbons (Fsp3) is 0.708. The molecule has 1 N–H and O–H groups in total. The molecular weight excluding hydrogens is 380 g/mol. The zero-order valence-electron chi connectivity index (χ0n) is 17.6. The fourth-order valence-electron chi connectivity index (χ4n) is 6.87. The topological polar surface area (TPSA) is 60.0 Å². The fourth-order valence-corrected chi connectivity index (χ4v) is 6.87. The van der Waals surface area contributed by atoms with Crippen LogP contribution in [-0.2, 0) is 16.1 Å². The summed E-state index contributed by atoms with van der Waals surface area (Å²) in [5.74, 6) is 4.98. The van der Waals surface area contributed by atoms with Gasteiger partial charge >= 0.3 is 0 Å². The van der Waals surface area contributed by atoms with Crippen molar-refractivity contribution in [2.75, 3.05) is 32.9 Å². The Kier molecular flexibility index (Phi) is 4.87. The summed E-state index contributed by atoms with van der Waals surface area (Å²) < 4.78 is 17.2. The Labute approximate surface area is 178 Å². The summed E-state index contributed by atoms with van der Waals surface area (Å²) in [6, 6.07) is 6.52. The van der Waals surface area contributed by atoms with Gasteiger partial charge in [-0.3, -0.25) is 9.69 Å². The molecule has 0 radical (unpaired) electrons. The van der Waals surface area contributed by atoms with E-state index in [-0.39, 0.29) is 12.0 Å². The number of ether oxygens (including phenoxy) is 3. The summed E-state index contributed by atoms with van der Waals surface area (Å²) in [5.41, 5.74) is 1.18. The molecule has 4 aliphatic carbocycles. The summed E-state index contributed by atoms with van der Waals surface area (Å²) in [6.45, 7) is 4.09. The van der Waals surface area contributed by atoms with Gasteiger partial charge in [-0.25, -0.2) is 0 Å². The van der Waals surface area contributed by atoms with E-state index in [0.29, 0.717) is 44.2 Å². The highest BCUT2D eigenvalue weighted by molar-refractivity contribution is 5.81. The van der Waals surface area contributed by atoms with Crippen LogP contribution in [0.25, 0.3) is 0 Å². The number of carbonyl (C=O) groups excluding carboxylic acids is 1. The highest BCUT2D eigenvalue weighted by Gasteiger charge is 2.49. The van der Waals surface area contributed by atoms with Crippen molar-refractivity contribution >= 4 is 5.91 Å². The number of hydrogen-bond acceptors (Lipinski definition) is 5. The monoisotopic (exact) mass is 412 g/mol.